The Kier molecular flexibility index (Phi) is 5.80. The summed E-state index contributed by atoms with van der Waals surface area (Å²) in [4.78, 5) is 27.7. The molecule has 1 N–H and O–H groups in total. The van der Waals surface area contributed by atoms with Gasteiger partial charge in [-0.2, -0.15) is 0 Å². The molecule has 4 rings (SSSR count). The zero-order valence-electron chi connectivity index (χ0n) is 16.3. The summed E-state index contributed by atoms with van der Waals surface area (Å²) in [5.74, 6) is 0.792. The lowest BCUT2D eigenvalue weighted by molar-refractivity contribution is -0.137. The van der Waals surface area contributed by atoms with Crippen molar-refractivity contribution in [1.29, 1.82) is 0 Å². The third-order valence-corrected chi connectivity index (χ3v) is 6.79. The highest BCUT2D eigenvalue weighted by molar-refractivity contribution is 5.84. The lowest BCUT2D eigenvalue weighted by Gasteiger charge is -2.36. The molecule has 2 fully saturated rings. The number of hydrogen-bond donors (Lipinski definition) is 1. The van der Waals surface area contributed by atoms with Gasteiger partial charge in [0.2, 0.25) is 11.8 Å². The average Bonchev–Trinajstić information content (AvgIpc) is 2.74. The quantitative estimate of drug-likeness (QED) is 0.882. The molecule has 1 unspecified atom stereocenters. The monoisotopic (exact) mass is 368 g/mol. The van der Waals surface area contributed by atoms with Crippen LogP contribution in [0.2, 0.25) is 0 Å². The second kappa shape index (κ2) is 8.45. The van der Waals surface area contributed by atoms with Gasteiger partial charge in [0.25, 0.3) is 0 Å². The summed E-state index contributed by atoms with van der Waals surface area (Å²) in [5.41, 5.74) is 2.54. The van der Waals surface area contributed by atoms with Crippen LogP contribution >= 0.6 is 0 Å². The largest absolute Gasteiger partial charge is 0.353 e. The second-order valence-electron chi connectivity index (χ2n) is 8.59. The van der Waals surface area contributed by atoms with E-state index in [-0.39, 0.29) is 23.8 Å². The first kappa shape index (κ1) is 18.5. The van der Waals surface area contributed by atoms with E-state index in [2.05, 4.69) is 28.4 Å². The van der Waals surface area contributed by atoms with Crippen molar-refractivity contribution in [3.8, 4) is 0 Å². The number of rotatable bonds is 3. The van der Waals surface area contributed by atoms with Crippen molar-refractivity contribution >= 4 is 11.8 Å². The number of nitrogens with one attached hydrogen (secondary N) is 1. The van der Waals surface area contributed by atoms with Gasteiger partial charge >= 0.3 is 0 Å². The number of piperidine rings is 1. The number of likely N-dealkylation sites (tertiary alicyclic amines) is 1. The Bertz CT molecular complexity index is 673. The number of aryl methyl sites for hydroxylation is 1. The van der Waals surface area contributed by atoms with Gasteiger partial charge in [-0.1, -0.05) is 43.5 Å². The van der Waals surface area contributed by atoms with E-state index in [0.717, 1.165) is 58.0 Å². The van der Waals surface area contributed by atoms with Gasteiger partial charge in [0.05, 0.1) is 5.92 Å². The maximum Gasteiger partial charge on any atom is 0.227 e. The standard InChI is InChI=1S/C23H32N2O2/c26-22(21-12-6-10-17-7-4-5-11-20(17)21)24-19-13-15-25(16-14-19)23(27)18-8-2-1-3-9-18/h4-5,7,11,18-19,21H,1-3,6,8-10,12-16H2,(H,24,26). The molecule has 1 saturated heterocycles. The minimum Gasteiger partial charge on any atom is -0.353 e. The molecule has 0 spiro atoms. The third kappa shape index (κ3) is 4.20. The van der Waals surface area contributed by atoms with Crippen molar-refractivity contribution in [1.82, 2.24) is 10.2 Å². The van der Waals surface area contributed by atoms with Crippen molar-refractivity contribution < 1.29 is 9.59 Å². The van der Waals surface area contributed by atoms with Crippen LogP contribution in [-0.2, 0) is 16.0 Å². The summed E-state index contributed by atoms with van der Waals surface area (Å²) >= 11 is 0. The molecule has 1 atom stereocenters. The van der Waals surface area contributed by atoms with Crippen LogP contribution in [-0.4, -0.2) is 35.8 Å². The van der Waals surface area contributed by atoms with Gasteiger partial charge in [0, 0.05) is 25.0 Å². The molecule has 1 aromatic rings. The molecule has 27 heavy (non-hydrogen) atoms. The van der Waals surface area contributed by atoms with Gasteiger partial charge < -0.3 is 10.2 Å². The zero-order chi connectivity index (χ0) is 18.6. The molecule has 2 aliphatic carbocycles. The van der Waals surface area contributed by atoms with Gasteiger partial charge in [-0.05, 0) is 56.1 Å². The minimum atomic E-state index is -0.00292. The number of fused-ring (bicyclic) bond motifs is 1. The molecule has 1 aromatic carbocycles. The van der Waals surface area contributed by atoms with Crippen molar-refractivity contribution in [2.75, 3.05) is 13.1 Å². The van der Waals surface area contributed by atoms with Crippen LogP contribution in [0.25, 0.3) is 0 Å². The summed E-state index contributed by atoms with van der Waals surface area (Å²) in [7, 11) is 0. The fourth-order valence-corrected chi connectivity index (χ4v) is 5.18. The highest BCUT2D eigenvalue weighted by Crippen LogP contribution is 2.32. The number of hydrogen-bond acceptors (Lipinski definition) is 2. The maximum atomic E-state index is 12.9. The topological polar surface area (TPSA) is 49.4 Å². The van der Waals surface area contributed by atoms with E-state index in [1.165, 1.54) is 30.4 Å². The van der Waals surface area contributed by atoms with E-state index in [0.29, 0.717) is 5.91 Å². The van der Waals surface area contributed by atoms with Crippen molar-refractivity contribution in [3.05, 3.63) is 35.4 Å². The van der Waals surface area contributed by atoms with Crippen LogP contribution < -0.4 is 5.32 Å². The van der Waals surface area contributed by atoms with Gasteiger partial charge in [-0.3, -0.25) is 9.59 Å². The molecular formula is C23H32N2O2. The van der Waals surface area contributed by atoms with Crippen LogP contribution in [0.3, 0.4) is 0 Å². The van der Waals surface area contributed by atoms with E-state index >= 15 is 0 Å². The van der Waals surface area contributed by atoms with E-state index in [1.54, 1.807) is 0 Å². The Labute approximate surface area is 162 Å². The molecule has 3 aliphatic rings. The van der Waals surface area contributed by atoms with Gasteiger partial charge in [0.1, 0.15) is 0 Å². The molecule has 146 valence electrons. The number of amides is 2. The number of carbonyl (C=O) groups is 2. The lowest BCUT2D eigenvalue weighted by atomic mass is 9.82. The molecule has 0 bridgehead atoms. The first-order chi connectivity index (χ1) is 13.2. The first-order valence-corrected chi connectivity index (χ1v) is 10.9. The molecule has 0 radical (unpaired) electrons. The van der Waals surface area contributed by atoms with Crippen molar-refractivity contribution in [2.45, 2.75) is 76.2 Å². The summed E-state index contributed by atoms with van der Waals surface area (Å²) in [6.45, 7) is 1.59. The summed E-state index contributed by atoms with van der Waals surface area (Å²) in [5, 5.41) is 3.29. The molecule has 1 saturated carbocycles. The molecule has 2 amide bonds. The van der Waals surface area contributed by atoms with Crippen molar-refractivity contribution in [3.63, 3.8) is 0 Å². The van der Waals surface area contributed by atoms with Crippen LogP contribution in [0.15, 0.2) is 24.3 Å². The molecular weight excluding hydrogens is 336 g/mol. The Balaban J connectivity index is 1.29. The van der Waals surface area contributed by atoms with Crippen molar-refractivity contribution in [2.24, 2.45) is 5.92 Å². The van der Waals surface area contributed by atoms with Gasteiger partial charge in [-0.15, -0.1) is 0 Å². The fraction of sp³-hybridized carbons (Fsp3) is 0.652. The Morgan fingerprint density at radius 1 is 0.889 bits per heavy atom. The smallest absolute Gasteiger partial charge is 0.227 e. The van der Waals surface area contributed by atoms with Gasteiger partial charge in [0.15, 0.2) is 0 Å². The van der Waals surface area contributed by atoms with E-state index in [9.17, 15) is 9.59 Å². The van der Waals surface area contributed by atoms with E-state index in [1.807, 2.05) is 6.07 Å². The maximum absolute atomic E-state index is 12.9. The Morgan fingerprint density at radius 3 is 2.41 bits per heavy atom. The second-order valence-corrected chi connectivity index (χ2v) is 8.59. The number of nitrogens with zero attached hydrogens (tertiary/aromatic N) is 1. The minimum absolute atomic E-state index is 0.00292. The van der Waals surface area contributed by atoms with E-state index in [4.69, 9.17) is 0 Å². The highest BCUT2D eigenvalue weighted by Gasteiger charge is 2.31. The van der Waals surface area contributed by atoms with Crippen LogP contribution in [0.1, 0.15) is 74.8 Å². The van der Waals surface area contributed by atoms with Crippen LogP contribution in [0, 0.1) is 5.92 Å². The summed E-state index contributed by atoms with van der Waals surface area (Å²) < 4.78 is 0. The average molecular weight is 369 g/mol. The Morgan fingerprint density at radius 2 is 1.63 bits per heavy atom. The number of carbonyl (C=O) groups excluding carboxylic acids is 2. The lowest BCUT2D eigenvalue weighted by Crippen LogP contribution is -2.49. The van der Waals surface area contributed by atoms with Gasteiger partial charge in [-0.25, -0.2) is 0 Å². The normalized spacial score (nSPS) is 24.3. The van der Waals surface area contributed by atoms with E-state index < -0.39 is 0 Å². The zero-order valence-corrected chi connectivity index (χ0v) is 16.3. The molecule has 0 aromatic heterocycles. The number of benzene rings is 1. The fourth-order valence-electron chi connectivity index (χ4n) is 5.18. The SMILES string of the molecule is O=C(NC1CCN(C(=O)C2CCCCC2)CC1)C1CCCc2ccccc21. The molecule has 1 aliphatic heterocycles. The predicted molar refractivity (Wildman–Crippen MR) is 106 cm³/mol. The third-order valence-electron chi connectivity index (χ3n) is 6.79. The van der Waals surface area contributed by atoms with Crippen LogP contribution in [0.4, 0.5) is 0 Å². The summed E-state index contributed by atoms with van der Waals surface area (Å²) in [6, 6.07) is 8.59. The first-order valence-electron chi connectivity index (χ1n) is 10.9. The Hall–Kier alpha value is -1.84. The predicted octanol–water partition coefficient (Wildman–Crippen LogP) is 3.79. The molecule has 4 nitrogen and oxygen atoms in total. The molecule has 4 heteroatoms. The highest BCUT2D eigenvalue weighted by atomic mass is 16.2. The molecule has 1 heterocycles. The van der Waals surface area contributed by atoms with Crippen LogP contribution in [0.5, 0.6) is 0 Å². The summed E-state index contributed by atoms with van der Waals surface area (Å²) in [6.07, 6.45) is 10.7.